The molecule has 1 heterocycles. The molecule has 7 nitrogen and oxygen atoms in total. The fourth-order valence-electron chi connectivity index (χ4n) is 3.31. The Bertz CT molecular complexity index is 1090. The van der Waals surface area contributed by atoms with Crippen molar-refractivity contribution in [2.24, 2.45) is 0 Å². The predicted octanol–water partition coefficient (Wildman–Crippen LogP) is 2.52. The lowest BCUT2D eigenvalue weighted by Crippen LogP contribution is -2.25. The molecule has 0 aliphatic rings. The SMILES string of the molecule is CCn1c(=O)n(CCC(=O)Nc2ccc(C(=O)NC)cc2C)c2ccccc21. The van der Waals surface area contributed by atoms with Gasteiger partial charge in [0.15, 0.2) is 0 Å². The third kappa shape index (κ3) is 3.69. The third-order valence-corrected chi connectivity index (χ3v) is 4.79. The van der Waals surface area contributed by atoms with Crippen LogP contribution in [0.3, 0.4) is 0 Å². The minimum atomic E-state index is -0.184. The number of para-hydroxylation sites is 2. The van der Waals surface area contributed by atoms with Crippen LogP contribution in [0.25, 0.3) is 11.0 Å². The molecular formula is C21H24N4O3. The summed E-state index contributed by atoms with van der Waals surface area (Å²) in [6, 6.07) is 12.7. The van der Waals surface area contributed by atoms with E-state index in [1.807, 2.05) is 38.1 Å². The van der Waals surface area contributed by atoms with Gasteiger partial charge in [-0.05, 0) is 49.7 Å². The Morgan fingerprint density at radius 2 is 1.71 bits per heavy atom. The van der Waals surface area contributed by atoms with Gasteiger partial charge in [-0.1, -0.05) is 12.1 Å². The molecule has 2 amide bonds. The maximum Gasteiger partial charge on any atom is 0.329 e. The monoisotopic (exact) mass is 380 g/mol. The molecule has 2 aromatic carbocycles. The van der Waals surface area contributed by atoms with Crippen LogP contribution in [0.2, 0.25) is 0 Å². The molecule has 0 fully saturated rings. The van der Waals surface area contributed by atoms with E-state index in [2.05, 4.69) is 10.6 Å². The van der Waals surface area contributed by atoms with Crippen LogP contribution < -0.4 is 16.3 Å². The summed E-state index contributed by atoms with van der Waals surface area (Å²) >= 11 is 0. The molecule has 1 aromatic heterocycles. The number of nitrogens with zero attached hydrogens (tertiary/aromatic N) is 2. The summed E-state index contributed by atoms with van der Waals surface area (Å²) in [5.41, 5.74) is 3.58. The zero-order chi connectivity index (χ0) is 20.3. The molecule has 0 saturated carbocycles. The summed E-state index contributed by atoms with van der Waals surface area (Å²) in [4.78, 5) is 36.7. The molecule has 7 heteroatoms. The molecule has 0 aliphatic carbocycles. The summed E-state index contributed by atoms with van der Waals surface area (Å²) in [5, 5.41) is 5.43. The highest BCUT2D eigenvalue weighted by Crippen LogP contribution is 2.17. The molecule has 0 radical (unpaired) electrons. The lowest BCUT2D eigenvalue weighted by molar-refractivity contribution is -0.116. The third-order valence-electron chi connectivity index (χ3n) is 4.79. The van der Waals surface area contributed by atoms with Gasteiger partial charge in [-0.15, -0.1) is 0 Å². The van der Waals surface area contributed by atoms with E-state index in [1.54, 1.807) is 34.4 Å². The molecule has 3 aromatic rings. The van der Waals surface area contributed by atoms with Crippen LogP contribution >= 0.6 is 0 Å². The minimum absolute atomic E-state index is 0.109. The number of fused-ring (bicyclic) bond motifs is 1. The predicted molar refractivity (Wildman–Crippen MR) is 110 cm³/mol. The number of aryl methyl sites for hydroxylation is 3. The van der Waals surface area contributed by atoms with Gasteiger partial charge in [0.2, 0.25) is 5.91 Å². The van der Waals surface area contributed by atoms with Crippen LogP contribution in [-0.4, -0.2) is 28.0 Å². The van der Waals surface area contributed by atoms with Crippen LogP contribution in [-0.2, 0) is 17.9 Å². The largest absolute Gasteiger partial charge is 0.355 e. The van der Waals surface area contributed by atoms with Crippen molar-refractivity contribution in [3.05, 3.63) is 64.1 Å². The maximum absolute atomic E-state index is 12.6. The Morgan fingerprint density at radius 3 is 2.32 bits per heavy atom. The molecule has 2 N–H and O–H groups in total. The fourth-order valence-corrected chi connectivity index (χ4v) is 3.31. The van der Waals surface area contributed by atoms with Gasteiger partial charge in [-0.25, -0.2) is 4.79 Å². The van der Waals surface area contributed by atoms with Crippen molar-refractivity contribution in [2.75, 3.05) is 12.4 Å². The lowest BCUT2D eigenvalue weighted by Gasteiger charge is -2.10. The van der Waals surface area contributed by atoms with Crippen molar-refractivity contribution in [3.8, 4) is 0 Å². The topological polar surface area (TPSA) is 85.1 Å². The Morgan fingerprint density at radius 1 is 1.04 bits per heavy atom. The smallest absolute Gasteiger partial charge is 0.329 e. The Kier molecular flexibility index (Phi) is 5.63. The van der Waals surface area contributed by atoms with E-state index in [-0.39, 0.29) is 23.9 Å². The maximum atomic E-state index is 12.6. The molecule has 0 atom stereocenters. The normalized spacial score (nSPS) is 10.8. The summed E-state index contributed by atoms with van der Waals surface area (Å²) in [6.07, 6.45) is 0.175. The first-order chi connectivity index (χ1) is 13.5. The first kappa shape index (κ1) is 19.4. The van der Waals surface area contributed by atoms with Crippen molar-refractivity contribution in [1.29, 1.82) is 0 Å². The van der Waals surface area contributed by atoms with Crippen molar-refractivity contribution in [1.82, 2.24) is 14.5 Å². The Balaban J connectivity index is 1.74. The van der Waals surface area contributed by atoms with Gasteiger partial charge in [0, 0.05) is 37.8 Å². The summed E-state index contributed by atoms with van der Waals surface area (Å²) in [5.74, 6) is -0.358. The first-order valence-electron chi connectivity index (χ1n) is 9.27. The lowest BCUT2D eigenvalue weighted by atomic mass is 10.1. The molecular weight excluding hydrogens is 356 g/mol. The van der Waals surface area contributed by atoms with Gasteiger partial charge >= 0.3 is 5.69 Å². The van der Waals surface area contributed by atoms with Crippen LogP contribution in [0.15, 0.2) is 47.3 Å². The number of carbonyl (C=O) groups excluding carboxylic acids is 2. The highest BCUT2D eigenvalue weighted by Gasteiger charge is 2.13. The van der Waals surface area contributed by atoms with Crippen LogP contribution in [0.5, 0.6) is 0 Å². The summed E-state index contributed by atoms with van der Waals surface area (Å²) in [7, 11) is 1.57. The standard InChI is InChI=1S/C21H24N4O3/c1-4-24-17-7-5-6-8-18(17)25(21(24)28)12-11-19(26)23-16-10-9-15(13-14(16)2)20(27)22-3/h5-10,13H,4,11-12H2,1-3H3,(H,22,27)(H,23,26). The van der Waals surface area contributed by atoms with Gasteiger partial charge in [-0.2, -0.15) is 0 Å². The van der Waals surface area contributed by atoms with E-state index in [0.29, 0.717) is 24.3 Å². The molecule has 28 heavy (non-hydrogen) atoms. The number of amides is 2. The molecule has 0 aliphatic heterocycles. The van der Waals surface area contributed by atoms with Crippen molar-refractivity contribution in [2.45, 2.75) is 33.4 Å². The summed E-state index contributed by atoms with van der Waals surface area (Å²) < 4.78 is 3.34. The van der Waals surface area contributed by atoms with E-state index in [1.165, 1.54) is 0 Å². The highest BCUT2D eigenvalue weighted by molar-refractivity contribution is 5.96. The van der Waals surface area contributed by atoms with Crippen LogP contribution in [0, 0.1) is 6.92 Å². The number of hydrogen-bond donors (Lipinski definition) is 2. The molecule has 0 spiro atoms. The van der Waals surface area contributed by atoms with Crippen molar-refractivity contribution < 1.29 is 9.59 Å². The van der Waals surface area contributed by atoms with E-state index in [0.717, 1.165) is 16.6 Å². The zero-order valence-electron chi connectivity index (χ0n) is 16.3. The summed E-state index contributed by atoms with van der Waals surface area (Å²) in [6.45, 7) is 4.64. The van der Waals surface area contributed by atoms with Gasteiger partial charge in [0.1, 0.15) is 0 Å². The van der Waals surface area contributed by atoms with Gasteiger partial charge in [-0.3, -0.25) is 18.7 Å². The van der Waals surface area contributed by atoms with Crippen LogP contribution in [0.4, 0.5) is 5.69 Å². The number of rotatable bonds is 6. The molecule has 0 bridgehead atoms. The molecule has 146 valence electrons. The number of carbonyl (C=O) groups is 2. The zero-order valence-corrected chi connectivity index (χ0v) is 16.3. The van der Waals surface area contributed by atoms with Crippen molar-refractivity contribution in [3.63, 3.8) is 0 Å². The molecule has 0 unspecified atom stereocenters. The molecule has 3 rings (SSSR count). The molecule has 0 saturated heterocycles. The van der Waals surface area contributed by atoms with E-state index >= 15 is 0 Å². The van der Waals surface area contributed by atoms with E-state index in [9.17, 15) is 14.4 Å². The van der Waals surface area contributed by atoms with Gasteiger partial charge in [0.05, 0.1) is 11.0 Å². The Hall–Kier alpha value is -3.35. The number of benzene rings is 2. The van der Waals surface area contributed by atoms with E-state index < -0.39 is 0 Å². The Labute approximate surface area is 163 Å². The van der Waals surface area contributed by atoms with Gasteiger partial charge < -0.3 is 10.6 Å². The van der Waals surface area contributed by atoms with Crippen molar-refractivity contribution >= 4 is 28.5 Å². The highest BCUT2D eigenvalue weighted by atomic mass is 16.2. The first-order valence-corrected chi connectivity index (χ1v) is 9.27. The minimum Gasteiger partial charge on any atom is -0.355 e. The quantitative estimate of drug-likeness (QED) is 0.689. The fraction of sp³-hybridized carbons (Fsp3) is 0.286. The second-order valence-electron chi connectivity index (χ2n) is 6.57. The second kappa shape index (κ2) is 8.12. The number of nitrogens with one attached hydrogen (secondary N) is 2. The van der Waals surface area contributed by atoms with Crippen LogP contribution in [0.1, 0.15) is 29.3 Å². The number of imidazole rings is 1. The average molecular weight is 380 g/mol. The second-order valence-corrected chi connectivity index (χ2v) is 6.57. The number of anilines is 1. The average Bonchev–Trinajstić information content (AvgIpc) is 2.97. The van der Waals surface area contributed by atoms with Gasteiger partial charge in [0.25, 0.3) is 5.91 Å². The number of aromatic nitrogens is 2. The number of hydrogen-bond acceptors (Lipinski definition) is 3. The van der Waals surface area contributed by atoms with E-state index in [4.69, 9.17) is 0 Å².